The number of nitrogens with two attached hydrogens (primary N) is 1. The topological polar surface area (TPSA) is 50.9 Å². The fourth-order valence-electron chi connectivity index (χ4n) is 1.63. The number of nitrogens with zero attached hydrogens (tertiary/aromatic N) is 1. The second-order valence-corrected chi connectivity index (χ2v) is 4.82. The molecule has 1 aromatic heterocycles. The maximum absolute atomic E-state index is 5.50. The normalized spacial score (nSPS) is 10.5. The first kappa shape index (κ1) is 12.1. The van der Waals surface area contributed by atoms with Crippen LogP contribution in [0.1, 0.15) is 16.8 Å². The van der Waals surface area contributed by atoms with Gasteiger partial charge in [-0.15, -0.1) is 11.3 Å². The van der Waals surface area contributed by atoms with Crippen molar-refractivity contribution in [1.29, 1.82) is 0 Å². The van der Waals surface area contributed by atoms with Crippen molar-refractivity contribution in [2.75, 3.05) is 11.9 Å². The second-order valence-electron chi connectivity index (χ2n) is 3.96. The summed E-state index contributed by atoms with van der Waals surface area (Å²) in [4.78, 5) is 4.47. The summed E-state index contributed by atoms with van der Waals surface area (Å²) < 4.78 is 0. The smallest absolute Gasteiger partial charge is 0.183 e. The van der Waals surface area contributed by atoms with E-state index >= 15 is 0 Å². The Morgan fingerprint density at radius 3 is 2.94 bits per heavy atom. The van der Waals surface area contributed by atoms with Gasteiger partial charge >= 0.3 is 0 Å². The van der Waals surface area contributed by atoms with Crippen LogP contribution in [0.5, 0.6) is 0 Å². The number of nitrogens with one attached hydrogen (secondary N) is 1. The van der Waals surface area contributed by atoms with Gasteiger partial charge in [0.2, 0.25) is 0 Å². The molecule has 2 rings (SSSR count). The Labute approximate surface area is 106 Å². The summed E-state index contributed by atoms with van der Waals surface area (Å²) in [6, 6.07) is 8.38. The SMILES string of the molecule is Cc1ccccc1CNc1nc(CCN)cs1. The van der Waals surface area contributed by atoms with Crippen molar-refractivity contribution in [3.63, 3.8) is 0 Å². The summed E-state index contributed by atoms with van der Waals surface area (Å²) in [5.74, 6) is 0. The molecule has 0 bridgehead atoms. The monoisotopic (exact) mass is 247 g/mol. The second kappa shape index (κ2) is 5.80. The molecule has 0 atom stereocenters. The molecule has 0 amide bonds. The molecule has 90 valence electrons. The van der Waals surface area contributed by atoms with E-state index in [1.54, 1.807) is 11.3 Å². The Kier molecular flexibility index (Phi) is 4.12. The molecule has 3 nitrogen and oxygen atoms in total. The van der Waals surface area contributed by atoms with E-state index in [0.717, 1.165) is 23.8 Å². The van der Waals surface area contributed by atoms with E-state index in [1.807, 2.05) is 0 Å². The van der Waals surface area contributed by atoms with Crippen LogP contribution in [0, 0.1) is 6.92 Å². The first-order valence-corrected chi connectivity index (χ1v) is 6.60. The Bertz CT molecular complexity index is 479. The Morgan fingerprint density at radius 2 is 2.18 bits per heavy atom. The lowest BCUT2D eigenvalue weighted by atomic mass is 10.1. The zero-order valence-corrected chi connectivity index (χ0v) is 10.8. The molecule has 0 fully saturated rings. The van der Waals surface area contributed by atoms with Crippen LogP contribution >= 0.6 is 11.3 Å². The van der Waals surface area contributed by atoms with Crippen LogP contribution in [0.3, 0.4) is 0 Å². The first-order chi connectivity index (χ1) is 8.29. The van der Waals surface area contributed by atoms with Crippen molar-refractivity contribution in [2.24, 2.45) is 5.73 Å². The van der Waals surface area contributed by atoms with Gasteiger partial charge in [-0.05, 0) is 24.6 Å². The van der Waals surface area contributed by atoms with Gasteiger partial charge in [0, 0.05) is 18.3 Å². The largest absolute Gasteiger partial charge is 0.357 e. The first-order valence-electron chi connectivity index (χ1n) is 5.72. The summed E-state index contributed by atoms with van der Waals surface area (Å²) >= 11 is 1.64. The standard InChI is InChI=1S/C13H17N3S/c1-10-4-2-3-5-11(10)8-15-13-16-12(6-7-14)9-17-13/h2-5,9H,6-8,14H2,1H3,(H,15,16). The van der Waals surface area contributed by atoms with Gasteiger partial charge in [-0.3, -0.25) is 0 Å². The minimum atomic E-state index is 0.654. The summed E-state index contributed by atoms with van der Waals surface area (Å²) in [5.41, 5.74) is 9.19. The van der Waals surface area contributed by atoms with Gasteiger partial charge in [-0.25, -0.2) is 4.98 Å². The van der Waals surface area contributed by atoms with E-state index in [-0.39, 0.29) is 0 Å². The van der Waals surface area contributed by atoms with Gasteiger partial charge in [0.25, 0.3) is 0 Å². The molecule has 2 aromatic rings. The number of rotatable bonds is 5. The summed E-state index contributed by atoms with van der Waals surface area (Å²) in [6.07, 6.45) is 0.850. The van der Waals surface area contributed by atoms with Crippen molar-refractivity contribution in [3.8, 4) is 0 Å². The molecule has 0 radical (unpaired) electrons. The number of thiazole rings is 1. The molecule has 0 aliphatic heterocycles. The van der Waals surface area contributed by atoms with Crippen LogP contribution in [-0.2, 0) is 13.0 Å². The molecule has 1 heterocycles. The molecule has 0 saturated carbocycles. The highest BCUT2D eigenvalue weighted by Crippen LogP contribution is 2.17. The van der Waals surface area contributed by atoms with Crippen LogP contribution in [0.15, 0.2) is 29.6 Å². The highest BCUT2D eigenvalue weighted by molar-refractivity contribution is 7.13. The van der Waals surface area contributed by atoms with Crippen molar-refractivity contribution in [2.45, 2.75) is 19.9 Å². The van der Waals surface area contributed by atoms with E-state index in [2.05, 4.69) is 46.9 Å². The maximum atomic E-state index is 5.50. The maximum Gasteiger partial charge on any atom is 0.183 e. The molecule has 17 heavy (non-hydrogen) atoms. The lowest BCUT2D eigenvalue weighted by molar-refractivity contribution is 0.933. The van der Waals surface area contributed by atoms with Crippen LogP contribution in [-0.4, -0.2) is 11.5 Å². The Morgan fingerprint density at radius 1 is 1.35 bits per heavy atom. The van der Waals surface area contributed by atoms with Crippen LogP contribution in [0.4, 0.5) is 5.13 Å². The zero-order chi connectivity index (χ0) is 12.1. The minimum Gasteiger partial charge on any atom is -0.357 e. The molecule has 0 aliphatic rings. The van der Waals surface area contributed by atoms with Gasteiger partial charge < -0.3 is 11.1 Å². The quantitative estimate of drug-likeness (QED) is 0.853. The number of benzene rings is 1. The van der Waals surface area contributed by atoms with Crippen LogP contribution < -0.4 is 11.1 Å². The molecule has 3 N–H and O–H groups in total. The summed E-state index contributed by atoms with van der Waals surface area (Å²) in [6.45, 7) is 3.60. The van der Waals surface area contributed by atoms with E-state index in [1.165, 1.54) is 11.1 Å². The third kappa shape index (κ3) is 3.28. The molecule has 4 heteroatoms. The van der Waals surface area contributed by atoms with Gasteiger partial charge in [-0.2, -0.15) is 0 Å². The molecule has 0 aliphatic carbocycles. The average molecular weight is 247 g/mol. The van der Waals surface area contributed by atoms with E-state index in [0.29, 0.717) is 6.54 Å². The predicted octanol–water partition coefficient (Wildman–Crippen LogP) is 2.56. The van der Waals surface area contributed by atoms with Gasteiger partial charge in [0.1, 0.15) is 0 Å². The zero-order valence-electron chi connectivity index (χ0n) is 9.94. The third-order valence-electron chi connectivity index (χ3n) is 2.64. The molecule has 0 unspecified atom stereocenters. The number of aryl methyl sites for hydroxylation is 1. The van der Waals surface area contributed by atoms with Crippen LogP contribution in [0.25, 0.3) is 0 Å². The van der Waals surface area contributed by atoms with Crippen LogP contribution in [0.2, 0.25) is 0 Å². The van der Waals surface area contributed by atoms with Gasteiger partial charge in [0.15, 0.2) is 5.13 Å². The molecule has 1 aromatic carbocycles. The molecule has 0 spiro atoms. The van der Waals surface area contributed by atoms with Crippen molar-refractivity contribution >= 4 is 16.5 Å². The molecular weight excluding hydrogens is 230 g/mol. The van der Waals surface area contributed by atoms with Crippen molar-refractivity contribution in [1.82, 2.24) is 4.98 Å². The van der Waals surface area contributed by atoms with E-state index in [9.17, 15) is 0 Å². The number of hydrogen-bond acceptors (Lipinski definition) is 4. The highest BCUT2D eigenvalue weighted by atomic mass is 32.1. The highest BCUT2D eigenvalue weighted by Gasteiger charge is 2.02. The Hall–Kier alpha value is -1.39. The lowest BCUT2D eigenvalue weighted by Gasteiger charge is -2.05. The summed E-state index contributed by atoms with van der Waals surface area (Å²) in [5, 5.41) is 6.38. The average Bonchev–Trinajstić information content (AvgIpc) is 2.76. The van der Waals surface area contributed by atoms with Gasteiger partial charge in [-0.1, -0.05) is 24.3 Å². The molecular formula is C13H17N3S. The van der Waals surface area contributed by atoms with Crippen molar-refractivity contribution < 1.29 is 0 Å². The molecule has 0 saturated heterocycles. The Balaban J connectivity index is 1.95. The fourth-order valence-corrected chi connectivity index (χ4v) is 2.37. The van der Waals surface area contributed by atoms with E-state index in [4.69, 9.17) is 5.73 Å². The van der Waals surface area contributed by atoms with Gasteiger partial charge in [0.05, 0.1) is 5.69 Å². The predicted molar refractivity (Wildman–Crippen MR) is 73.4 cm³/mol. The summed E-state index contributed by atoms with van der Waals surface area (Å²) in [7, 11) is 0. The van der Waals surface area contributed by atoms with E-state index < -0.39 is 0 Å². The third-order valence-corrected chi connectivity index (χ3v) is 3.49. The number of hydrogen-bond donors (Lipinski definition) is 2. The number of anilines is 1. The number of aromatic nitrogens is 1. The lowest BCUT2D eigenvalue weighted by Crippen LogP contribution is -2.04. The minimum absolute atomic E-state index is 0.654. The fraction of sp³-hybridized carbons (Fsp3) is 0.308. The van der Waals surface area contributed by atoms with Crippen molar-refractivity contribution in [3.05, 3.63) is 46.5 Å².